The molecule has 1 amide bonds. The number of nitrogens with one attached hydrogen (secondary N) is 1. The van der Waals surface area contributed by atoms with Crippen LogP contribution in [0.15, 0.2) is 41.3 Å². The second kappa shape index (κ2) is 10.1. The van der Waals surface area contributed by atoms with E-state index in [4.69, 9.17) is 10.8 Å². The molecule has 2 heterocycles. The van der Waals surface area contributed by atoms with Crippen molar-refractivity contribution >= 4 is 32.8 Å². The Morgan fingerprint density at radius 2 is 1.89 bits per heavy atom. The fourth-order valence-corrected chi connectivity index (χ4v) is 5.64. The minimum Gasteiger partial charge on any atom is -0.480 e. The van der Waals surface area contributed by atoms with Crippen LogP contribution in [-0.2, 0) is 14.8 Å². The molecule has 4 rings (SSSR count). The number of hydrogen-bond acceptors (Lipinski definition) is 6. The summed E-state index contributed by atoms with van der Waals surface area (Å²) in [7, 11) is -4.29. The average molecular weight is 537 g/mol. The van der Waals surface area contributed by atoms with Crippen molar-refractivity contribution in [3.63, 3.8) is 0 Å². The Kier molecular flexibility index (Phi) is 7.22. The van der Waals surface area contributed by atoms with Gasteiger partial charge in [0.15, 0.2) is 0 Å². The molecule has 1 fully saturated rings. The predicted octanol–water partition coefficient (Wildman–Crippen LogP) is 2.36. The first-order valence-electron chi connectivity index (χ1n) is 11.2. The number of amides is 1. The molecule has 0 radical (unpaired) electrons. The second-order valence-corrected chi connectivity index (χ2v) is 10.6. The highest BCUT2D eigenvalue weighted by Crippen LogP contribution is 2.32. The lowest BCUT2D eigenvalue weighted by molar-refractivity contribution is -0.138. The third-order valence-corrected chi connectivity index (χ3v) is 7.96. The first kappa shape index (κ1) is 26.5. The number of fused-ring (bicyclic) bond motifs is 1. The second-order valence-electron chi connectivity index (χ2n) is 8.67. The summed E-state index contributed by atoms with van der Waals surface area (Å²) in [5.74, 6) is -4.39. The summed E-state index contributed by atoms with van der Waals surface area (Å²) in [5, 5.41) is 11.9. The molecular weight excluding hydrogens is 513 g/mol. The molecule has 1 aliphatic rings. The largest absolute Gasteiger partial charge is 0.480 e. The topological polar surface area (TPSA) is 143 Å². The third-order valence-electron chi connectivity index (χ3n) is 6.12. The fraction of sp³-hybridized carbons (Fsp3) is 0.292. The van der Waals surface area contributed by atoms with Crippen molar-refractivity contribution in [2.24, 2.45) is 5.73 Å². The number of rotatable bonds is 7. The molecule has 196 valence electrons. The van der Waals surface area contributed by atoms with Crippen LogP contribution in [0.25, 0.3) is 22.2 Å². The summed E-state index contributed by atoms with van der Waals surface area (Å²) in [5.41, 5.74) is 5.47. The first-order chi connectivity index (χ1) is 17.4. The summed E-state index contributed by atoms with van der Waals surface area (Å²) >= 11 is 0. The van der Waals surface area contributed by atoms with Crippen molar-refractivity contribution in [3.8, 4) is 11.3 Å². The number of pyridine rings is 1. The van der Waals surface area contributed by atoms with Gasteiger partial charge in [-0.2, -0.15) is 4.31 Å². The number of benzene rings is 2. The van der Waals surface area contributed by atoms with Crippen LogP contribution in [0.2, 0.25) is 0 Å². The Hall–Kier alpha value is -3.55. The van der Waals surface area contributed by atoms with Gasteiger partial charge in [-0.05, 0) is 49.2 Å². The highest BCUT2D eigenvalue weighted by molar-refractivity contribution is 7.89. The van der Waals surface area contributed by atoms with Gasteiger partial charge in [0.1, 0.15) is 23.8 Å². The number of nitrogens with zero attached hydrogens (tertiary/aromatic N) is 2. The van der Waals surface area contributed by atoms with E-state index in [-0.39, 0.29) is 42.8 Å². The van der Waals surface area contributed by atoms with Crippen molar-refractivity contribution in [1.29, 1.82) is 0 Å². The summed E-state index contributed by atoms with van der Waals surface area (Å²) in [6.45, 7) is 0.867. The average Bonchev–Trinajstić information content (AvgIpc) is 3.28. The van der Waals surface area contributed by atoms with Gasteiger partial charge in [-0.3, -0.25) is 4.79 Å². The van der Waals surface area contributed by atoms with Gasteiger partial charge in [0.2, 0.25) is 10.0 Å². The SMILES string of the molecule is Cc1cc(-c2c(F)cc(S(=O)(=O)N3CCC(F)C3)cc2F)nc2cc(C(=O)N[C@@H](CN)C(=O)O)ccc12. The molecule has 2 atom stereocenters. The van der Waals surface area contributed by atoms with Crippen LogP contribution in [0, 0.1) is 18.6 Å². The van der Waals surface area contributed by atoms with Gasteiger partial charge in [-0.1, -0.05) is 6.07 Å². The Balaban J connectivity index is 1.73. The first-order valence-corrected chi connectivity index (χ1v) is 12.6. The summed E-state index contributed by atoms with van der Waals surface area (Å²) in [6, 6.07) is 5.80. The van der Waals surface area contributed by atoms with Crippen LogP contribution >= 0.6 is 0 Å². The molecular formula is C24H23F3N4O5S. The Morgan fingerprint density at radius 1 is 1.22 bits per heavy atom. The highest BCUT2D eigenvalue weighted by atomic mass is 32.2. The molecule has 2 aromatic carbocycles. The number of carboxylic acid groups (broad SMARTS) is 1. The fourth-order valence-electron chi connectivity index (χ4n) is 4.13. The number of carboxylic acids is 1. The molecule has 9 nitrogen and oxygen atoms in total. The lowest BCUT2D eigenvalue weighted by atomic mass is 10.0. The number of halogens is 3. The number of alkyl halides is 1. The zero-order valence-electron chi connectivity index (χ0n) is 19.5. The van der Waals surface area contributed by atoms with E-state index in [9.17, 15) is 22.4 Å². The normalized spacial score (nSPS) is 17.2. The van der Waals surface area contributed by atoms with E-state index in [1.807, 2.05) is 0 Å². The molecule has 1 aliphatic heterocycles. The smallest absolute Gasteiger partial charge is 0.327 e. The maximum absolute atomic E-state index is 15.1. The van der Waals surface area contributed by atoms with E-state index in [1.54, 1.807) is 13.0 Å². The van der Waals surface area contributed by atoms with Crippen molar-refractivity contribution in [3.05, 3.63) is 59.2 Å². The molecule has 1 aromatic heterocycles. The van der Waals surface area contributed by atoms with Crippen molar-refractivity contribution in [1.82, 2.24) is 14.6 Å². The van der Waals surface area contributed by atoms with Crippen molar-refractivity contribution in [2.75, 3.05) is 19.6 Å². The van der Waals surface area contributed by atoms with Crippen LogP contribution in [0.1, 0.15) is 22.3 Å². The number of nitrogens with two attached hydrogens (primary N) is 1. The standard InChI is InChI=1S/C24H23F3N4O5S/c1-12-6-20(29-19-7-13(2-3-16(12)19)23(32)30-21(10-28)24(33)34)22-17(26)8-15(9-18(22)27)37(35,36)31-5-4-14(25)11-31/h2-3,6-9,14,21H,4-5,10-11,28H2,1H3,(H,30,32)(H,33,34)/t14?,21-/m0/s1. The summed E-state index contributed by atoms with van der Waals surface area (Å²) in [4.78, 5) is 27.3. The molecule has 1 unspecified atom stereocenters. The van der Waals surface area contributed by atoms with E-state index in [0.717, 1.165) is 4.31 Å². The van der Waals surface area contributed by atoms with Crippen LogP contribution < -0.4 is 11.1 Å². The van der Waals surface area contributed by atoms with E-state index in [2.05, 4.69) is 10.3 Å². The quantitative estimate of drug-likeness (QED) is 0.421. The Labute approximate surface area is 210 Å². The lowest BCUT2D eigenvalue weighted by Gasteiger charge is -2.17. The van der Waals surface area contributed by atoms with Gasteiger partial charge in [0, 0.05) is 30.6 Å². The Morgan fingerprint density at radius 3 is 2.46 bits per heavy atom. The number of aryl methyl sites for hydroxylation is 1. The maximum Gasteiger partial charge on any atom is 0.327 e. The zero-order chi connectivity index (χ0) is 27.1. The number of aromatic nitrogens is 1. The maximum atomic E-state index is 15.1. The van der Waals surface area contributed by atoms with Crippen LogP contribution in [0.3, 0.4) is 0 Å². The molecule has 0 spiro atoms. The van der Waals surface area contributed by atoms with Gasteiger partial charge >= 0.3 is 5.97 Å². The molecule has 1 saturated heterocycles. The number of carbonyl (C=O) groups is 2. The molecule has 0 saturated carbocycles. The number of aliphatic carboxylic acids is 1. The van der Waals surface area contributed by atoms with Crippen LogP contribution in [0.4, 0.5) is 13.2 Å². The molecule has 37 heavy (non-hydrogen) atoms. The minimum absolute atomic E-state index is 0.00572. The van der Waals surface area contributed by atoms with E-state index in [0.29, 0.717) is 23.1 Å². The van der Waals surface area contributed by atoms with E-state index < -0.39 is 56.2 Å². The molecule has 0 bridgehead atoms. The minimum atomic E-state index is -4.29. The number of hydrogen-bond donors (Lipinski definition) is 3. The van der Waals surface area contributed by atoms with Crippen molar-refractivity contribution in [2.45, 2.75) is 30.5 Å². The third kappa shape index (κ3) is 5.15. The lowest BCUT2D eigenvalue weighted by Crippen LogP contribution is -2.45. The molecule has 0 aliphatic carbocycles. The van der Waals surface area contributed by atoms with E-state index >= 15 is 8.78 Å². The van der Waals surface area contributed by atoms with Gasteiger partial charge in [-0.15, -0.1) is 0 Å². The van der Waals surface area contributed by atoms with Gasteiger partial charge in [0.25, 0.3) is 5.91 Å². The molecule has 13 heteroatoms. The van der Waals surface area contributed by atoms with Gasteiger partial charge < -0.3 is 16.2 Å². The van der Waals surface area contributed by atoms with Crippen molar-refractivity contribution < 1.29 is 36.3 Å². The summed E-state index contributed by atoms with van der Waals surface area (Å²) in [6.07, 6.45) is -1.34. The number of sulfonamides is 1. The Bertz CT molecular complexity index is 1490. The van der Waals surface area contributed by atoms with Crippen LogP contribution in [-0.4, -0.2) is 66.5 Å². The highest BCUT2D eigenvalue weighted by Gasteiger charge is 2.34. The van der Waals surface area contributed by atoms with Crippen LogP contribution in [0.5, 0.6) is 0 Å². The number of carbonyl (C=O) groups excluding carboxylic acids is 1. The van der Waals surface area contributed by atoms with Gasteiger partial charge in [0.05, 0.1) is 21.7 Å². The zero-order valence-corrected chi connectivity index (χ0v) is 20.4. The van der Waals surface area contributed by atoms with E-state index in [1.165, 1.54) is 18.2 Å². The predicted molar refractivity (Wildman–Crippen MR) is 128 cm³/mol. The monoisotopic (exact) mass is 536 g/mol. The molecule has 4 N–H and O–H groups in total. The summed E-state index contributed by atoms with van der Waals surface area (Å²) < 4.78 is 70.0. The molecule has 3 aromatic rings. The van der Waals surface area contributed by atoms with Gasteiger partial charge in [-0.25, -0.2) is 31.4 Å².